The zero-order chi connectivity index (χ0) is 23.4. The number of halogens is 2. The fraction of sp³-hybridized carbons (Fsp3) is 0.231. The summed E-state index contributed by atoms with van der Waals surface area (Å²) in [6, 6.07) is 14.0. The quantitative estimate of drug-likeness (QED) is 0.446. The molecule has 0 unspecified atom stereocenters. The van der Waals surface area contributed by atoms with Crippen molar-refractivity contribution in [1.29, 1.82) is 5.41 Å². The maximum Gasteiger partial charge on any atom is 0.165 e. The van der Waals surface area contributed by atoms with Gasteiger partial charge in [-0.15, -0.1) is 0 Å². The lowest BCUT2D eigenvalue weighted by Crippen LogP contribution is -2.18. The number of ether oxygens (including phenoxy) is 1. The van der Waals surface area contributed by atoms with Crippen LogP contribution in [-0.2, 0) is 6.61 Å². The van der Waals surface area contributed by atoms with Crippen LogP contribution in [0.5, 0.6) is 5.75 Å². The molecule has 5 nitrogen and oxygen atoms in total. The van der Waals surface area contributed by atoms with Crippen molar-refractivity contribution in [3.63, 3.8) is 0 Å². The van der Waals surface area contributed by atoms with Crippen molar-refractivity contribution in [2.75, 3.05) is 13.1 Å². The molecule has 1 aliphatic heterocycles. The number of rotatable bonds is 7. The van der Waals surface area contributed by atoms with E-state index in [0.717, 1.165) is 35.6 Å². The molecular weight excluding hydrogens is 422 g/mol. The Kier molecular flexibility index (Phi) is 6.68. The van der Waals surface area contributed by atoms with Crippen molar-refractivity contribution >= 4 is 11.3 Å². The highest BCUT2D eigenvalue weighted by Crippen LogP contribution is 2.27. The molecule has 0 saturated carbocycles. The second kappa shape index (κ2) is 9.81. The third-order valence-electron chi connectivity index (χ3n) is 5.55. The lowest BCUT2D eigenvalue weighted by atomic mass is 9.96. The Morgan fingerprint density at radius 1 is 0.939 bits per heavy atom. The summed E-state index contributed by atoms with van der Waals surface area (Å²) >= 11 is 0. The molecule has 1 fully saturated rings. The molecule has 0 radical (unpaired) electrons. The zero-order valence-electron chi connectivity index (χ0n) is 18.6. The number of pyridine rings is 1. The Labute approximate surface area is 192 Å². The van der Waals surface area contributed by atoms with E-state index in [-0.39, 0.29) is 18.1 Å². The molecule has 3 N–H and O–H groups in total. The minimum atomic E-state index is -0.867. The fourth-order valence-electron chi connectivity index (χ4n) is 3.73. The van der Waals surface area contributed by atoms with Crippen molar-refractivity contribution in [3.8, 4) is 5.75 Å². The number of aromatic nitrogens is 1. The van der Waals surface area contributed by atoms with Gasteiger partial charge in [0.2, 0.25) is 0 Å². The van der Waals surface area contributed by atoms with Gasteiger partial charge in [0.1, 0.15) is 18.2 Å². The van der Waals surface area contributed by atoms with E-state index in [4.69, 9.17) is 10.1 Å². The molecule has 33 heavy (non-hydrogen) atoms. The standard InChI is InChI=1S/C26H26F2N4O/c1-16(2)21-8-5-19(23(27)24(21)28)15-33-20-6-3-17(4-7-20)22(26-31-13-14-32-26)25(29)18-9-11-30-12-10-18/h3-12,16,29,31-32H,13-15H2,1-2H3. The van der Waals surface area contributed by atoms with Crippen LogP contribution in [0.2, 0.25) is 0 Å². The van der Waals surface area contributed by atoms with Crippen LogP contribution in [-0.4, -0.2) is 23.8 Å². The van der Waals surface area contributed by atoms with Crippen molar-refractivity contribution in [2.24, 2.45) is 0 Å². The molecule has 4 rings (SSSR count). The van der Waals surface area contributed by atoms with Gasteiger partial charge in [0.15, 0.2) is 11.6 Å². The van der Waals surface area contributed by atoms with E-state index in [9.17, 15) is 8.78 Å². The van der Waals surface area contributed by atoms with Crippen LogP contribution in [0.4, 0.5) is 8.78 Å². The predicted molar refractivity (Wildman–Crippen MR) is 125 cm³/mol. The summed E-state index contributed by atoms with van der Waals surface area (Å²) in [5.41, 5.74) is 3.22. The van der Waals surface area contributed by atoms with E-state index in [0.29, 0.717) is 17.0 Å². The Balaban J connectivity index is 1.54. The Bertz CT molecular complexity index is 1170. The molecule has 1 saturated heterocycles. The lowest BCUT2D eigenvalue weighted by molar-refractivity contribution is 0.297. The first-order chi connectivity index (χ1) is 16.0. The number of allylic oxidation sites excluding steroid dienone is 1. The van der Waals surface area contributed by atoms with Crippen LogP contribution in [0.1, 0.15) is 42.0 Å². The molecule has 0 spiro atoms. The predicted octanol–water partition coefficient (Wildman–Crippen LogP) is 4.99. The minimum Gasteiger partial charge on any atom is -0.489 e. The van der Waals surface area contributed by atoms with E-state index in [1.807, 2.05) is 26.0 Å². The second-order valence-electron chi connectivity index (χ2n) is 8.12. The highest BCUT2D eigenvalue weighted by atomic mass is 19.2. The molecular formula is C26H26F2N4O. The van der Waals surface area contributed by atoms with Gasteiger partial charge in [0.25, 0.3) is 0 Å². The van der Waals surface area contributed by atoms with E-state index >= 15 is 0 Å². The second-order valence-corrected chi connectivity index (χ2v) is 8.12. The Hall–Kier alpha value is -3.74. The summed E-state index contributed by atoms with van der Waals surface area (Å²) in [5, 5.41) is 15.3. The van der Waals surface area contributed by atoms with E-state index in [2.05, 4.69) is 15.6 Å². The molecule has 3 aromatic rings. The first kappa shape index (κ1) is 22.5. The number of nitrogens with one attached hydrogen (secondary N) is 3. The molecule has 170 valence electrons. The summed E-state index contributed by atoms with van der Waals surface area (Å²) in [4.78, 5) is 4.03. The maximum atomic E-state index is 14.4. The summed E-state index contributed by atoms with van der Waals surface area (Å²) in [6.07, 6.45) is 3.32. The average Bonchev–Trinajstić information content (AvgIpc) is 3.35. The molecule has 2 heterocycles. The molecule has 1 aliphatic rings. The van der Waals surface area contributed by atoms with Gasteiger partial charge in [-0.05, 0) is 41.3 Å². The van der Waals surface area contributed by atoms with Crippen LogP contribution in [0.15, 0.2) is 66.7 Å². The molecule has 7 heteroatoms. The number of benzene rings is 2. The molecule has 0 bridgehead atoms. The molecule has 0 aliphatic carbocycles. The van der Waals surface area contributed by atoms with E-state index in [1.54, 1.807) is 48.8 Å². The van der Waals surface area contributed by atoms with Gasteiger partial charge in [0, 0.05) is 42.2 Å². The lowest BCUT2D eigenvalue weighted by Gasteiger charge is -2.15. The molecule has 0 amide bonds. The topological polar surface area (TPSA) is 70.0 Å². The van der Waals surface area contributed by atoms with Gasteiger partial charge in [0.05, 0.1) is 5.71 Å². The molecule has 2 aromatic carbocycles. The fourth-order valence-corrected chi connectivity index (χ4v) is 3.73. The number of hydrogen-bond acceptors (Lipinski definition) is 5. The van der Waals surface area contributed by atoms with E-state index < -0.39 is 11.6 Å². The molecule has 0 atom stereocenters. The van der Waals surface area contributed by atoms with Crippen LogP contribution < -0.4 is 15.4 Å². The minimum absolute atomic E-state index is 0.0790. The average molecular weight is 449 g/mol. The smallest absolute Gasteiger partial charge is 0.165 e. The van der Waals surface area contributed by atoms with Gasteiger partial charge in [-0.2, -0.15) is 0 Å². The Morgan fingerprint density at radius 2 is 1.61 bits per heavy atom. The van der Waals surface area contributed by atoms with Crippen molar-refractivity contribution in [3.05, 3.63) is 101 Å². The van der Waals surface area contributed by atoms with Crippen LogP contribution in [0.25, 0.3) is 5.57 Å². The van der Waals surface area contributed by atoms with Crippen LogP contribution in [0.3, 0.4) is 0 Å². The van der Waals surface area contributed by atoms with Gasteiger partial charge in [-0.25, -0.2) is 8.78 Å². The molecule has 1 aromatic heterocycles. The summed E-state index contributed by atoms with van der Waals surface area (Å²) in [7, 11) is 0. The number of hydrogen-bond donors (Lipinski definition) is 3. The van der Waals surface area contributed by atoms with Gasteiger partial charge in [-0.1, -0.05) is 38.1 Å². The van der Waals surface area contributed by atoms with Crippen LogP contribution >= 0.6 is 0 Å². The normalized spacial score (nSPS) is 12.9. The van der Waals surface area contributed by atoms with Crippen molar-refractivity contribution in [2.45, 2.75) is 26.4 Å². The van der Waals surface area contributed by atoms with Gasteiger partial charge >= 0.3 is 0 Å². The summed E-state index contributed by atoms with van der Waals surface area (Å²) in [6.45, 7) is 5.13. The van der Waals surface area contributed by atoms with Gasteiger partial charge < -0.3 is 15.4 Å². The van der Waals surface area contributed by atoms with Crippen molar-refractivity contribution < 1.29 is 13.5 Å². The third kappa shape index (κ3) is 4.87. The highest BCUT2D eigenvalue weighted by molar-refractivity contribution is 6.30. The summed E-state index contributed by atoms with van der Waals surface area (Å²) < 4.78 is 34.4. The Morgan fingerprint density at radius 3 is 2.24 bits per heavy atom. The zero-order valence-corrected chi connectivity index (χ0v) is 18.6. The maximum absolute atomic E-state index is 14.4. The van der Waals surface area contributed by atoms with E-state index in [1.165, 1.54) is 0 Å². The van der Waals surface area contributed by atoms with Gasteiger partial charge in [-0.3, -0.25) is 10.4 Å². The highest BCUT2D eigenvalue weighted by Gasteiger charge is 2.19. The van der Waals surface area contributed by atoms with Crippen molar-refractivity contribution in [1.82, 2.24) is 15.6 Å². The number of nitrogens with zero attached hydrogens (tertiary/aromatic N) is 1. The SMILES string of the molecule is CC(C)c1ccc(COc2ccc(C(C(=N)c3ccncc3)=C3NCCN3)cc2)c(F)c1F. The summed E-state index contributed by atoms with van der Waals surface area (Å²) in [5.74, 6) is -0.454. The first-order valence-corrected chi connectivity index (χ1v) is 10.9. The monoisotopic (exact) mass is 448 g/mol. The third-order valence-corrected chi connectivity index (χ3v) is 5.55. The first-order valence-electron chi connectivity index (χ1n) is 10.9. The largest absolute Gasteiger partial charge is 0.489 e. The van der Waals surface area contributed by atoms with Crippen LogP contribution in [0, 0.1) is 17.0 Å².